The van der Waals surface area contributed by atoms with E-state index >= 15 is 0 Å². The number of anilines is 1. The molecule has 0 bridgehead atoms. The van der Waals surface area contributed by atoms with Crippen LogP contribution in [0.5, 0.6) is 0 Å². The highest BCUT2D eigenvalue weighted by Crippen LogP contribution is 2.21. The number of thioether (sulfide) groups is 1. The van der Waals surface area contributed by atoms with Crippen LogP contribution in [0.4, 0.5) is 5.69 Å². The van der Waals surface area contributed by atoms with Crippen molar-refractivity contribution in [2.45, 2.75) is 9.79 Å². The van der Waals surface area contributed by atoms with E-state index in [1.807, 2.05) is 24.3 Å². The average molecular weight is 415 g/mol. The van der Waals surface area contributed by atoms with Gasteiger partial charge in [0.1, 0.15) is 0 Å². The van der Waals surface area contributed by atoms with Gasteiger partial charge in [0.15, 0.2) is 0 Å². The number of carbonyl (C=O) groups excluding carboxylic acids is 1. The summed E-state index contributed by atoms with van der Waals surface area (Å²) in [5, 5.41) is 2.74. The van der Waals surface area contributed by atoms with E-state index in [4.69, 9.17) is 0 Å². The van der Waals surface area contributed by atoms with Gasteiger partial charge in [0, 0.05) is 15.1 Å². The highest BCUT2D eigenvalue weighted by Gasteiger charge is 2.11. The second-order valence-electron chi connectivity index (χ2n) is 4.52. The van der Waals surface area contributed by atoms with Gasteiger partial charge in [0.2, 0.25) is 15.9 Å². The van der Waals surface area contributed by atoms with Crippen LogP contribution >= 0.6 is 27.7 Å². The van der Waals surface area contributed by atoms with Gasteiger partial charge in [0.25, 0.3) is 0 Å². The van der Waals surface area contributed by atoms with Crippen LogP contribution in [0.3, 0.4) is 0 Å². The zero-order valence-corrected chi connectivity index (χ0v) is 15.5. The number of sulfonamides is 1. The molecule has 0 heterocycles. The molecule has 0 radical (unpaired) electrons. The maximum atomic E-state index is 11.9. The third-order valence-corrected chi connectivity index (χ3v) is 5.87. The molecule has 1 amide bonds. The Labute approximate surface area is 148 Å². The van der Waals surface area contributed by atoms with E-state index in [0.29, 0.717) is 5.69 Å². The molecule has 2 N–H and O–H groups in total. The van der Waals surface area contributed by atoms with E-state index in [9.17, 15) is 13.2 Å². The van der Waals surface area contributed by atoms with Gasteiger partial charge in [-0.1, -0.05) is 15.9 Å². The SMILES string of the molecule is CNS(=O)(=O)c1ccc(NC(=O)CSc2ccc(Br)cc2)cc1. The molecule has 0 aliphatic rings. The van der Waals surface area contributed by atoms with E-state index in [2.05, 4.69) is 26.0 Å². The van der Waals surface area contributed by atoms with E-state index in [0.717, 1.165) is 9.37 Å². The predicted octanol–water partition coefficient (Wildman–Crippen LogP) is 3.09. The van der Waals surface area contributed by atoms with Crippen molar-refractivity contribution in [2.75, 3.05) is 18.1 Å². The summed E-state index contributed by atoms with van der Waals surface area (Å²) in [4.78, 5) is 13.1. The highest BCUT2D eigenvalue weighted by atomic mass is 79.9. The van der Waals surface area contributed by atoms with Crippen LogP contribution in [-0.4, -0.2) is 27.1 Å². The number of amides is 1. The molecule has 23 heavy (non-hydrogen) atoms. The third-order valence-electron chi connectivity index (χ3n) is 2.90. The zero-order chi connectivity index (χ0) is 16.9. The summed E-state index contributed by atoms with van der Waals surface area (Å²) in [5.41, 5.74) is 0.557. The number of hydrogen-bond acceptors (Lipinski definition) is 4. The lowest BCUT2D eigenvalue weighted by Gasteiger charge is -2.07. The molecule has 0 aliphatic carbocycles. The smallest absolute Gasteiger partial charge is 0.240 e. The molecule has 0 unspecified atom stereocenters. The van der Waals surface area contributed by atoms with Crippen molar-refractivity contribution in [3.8, 4) is 0 Å². The summed E-state index contributed by atoms with van der Waals surface area (Å²) in [5.74, 6) is 0.125. The van der Waals surface area contributed by atoms with Crippen molar-refractivity contribution in [1.29, 1.82) is 0 Å². The van der Waals surface area contributed by atoms with Gasteiger partial charge in [-0.15, -0.1) is 11.8 Å². The third kappa shape index (κ3) is 5.35. The van der Waals surface area contributed by atoms with E-state index < -0.39 is 10.0 Å². The van der Waals surface area contributed by atoms with Crippen LogP contribution in [0.1, 0.15) is 0 Å². The Kier molecular flexibility index (Phi) is 6.23. The summed E-state index contributed by atoms with van der Waals surface area (Å²) in [6.07, 6.45) is 0. The van der Waals surface area contributed by atoms with Gasteiger partial charge in [-0.05, 0) is 55.6 Å². The summed E-state index contributed by atoms with van der Waals surface area (Å²) < 4.78 is 26.5. The first kappa shape index (κ1) is 18.0. The van der Waals surface area contributed by atoms with Crippen LogP contribution in [0.15, 0.2) is 62.8 Å². The number of hydrogen-bond donors (Lipinski definition) is 2. The molecule has 0 spiro atoms. The van der Waals surface area contributed by atoms with Crippen molar-refractivity contribution in [2.24, 2.45) is 0 Å². The minimum Gasteiger partial charge on any atom is -0.325 e. The van der Waals surface area contributed by atoms with Crippen molar-refractivity contribution in [3.05, 3.63) is 53.0 Å². The van der Waals surface area contributed by atoms with Crippen molar-refractivity contribution < 1.29 is 13.2 Å². The molecule has 0 atom stereocenters. The number of carbonyl (C=O) groups is 1. The van der Waals surface area contributed by atoms with Crippen molar-refractivity contribution in [1.82, 2.24) is 4.72 Å². The standard InChI is InChI=1S/C15H15BrN2O3S2/c1-17-23(20,21)14-8-4-12(5-9-14)18-15(19)10-22-13-6-2-11(16)3-7-13/h2-9,17H,10H2,1H3,(H,18,19). The minimum atomic E-state index is -3.46. The fourth-order valence-corrected chi connectivity index (χ4v) is 3.40. The van der Waals surface area contributed by atoms with E-state index in [1.165, 1.54) is 30.9 Å². The van der Waals surface area contributed by atoms with Crippen molar-refractivity contribution >= 4 is 49.3 Å². The van der Waals surface area contributed by atoms with Crippen molar-refractivity contribution in [3.63, 3.8) is 0 Å². The predicted molar refractivity (Wildman–Crippen MR) is 96.2 cm³/mol. The Morgan fingerprint density at radius 2 is 1.70 bits per heavy atom. The molecule has 2 rings (SSSR count). The number of rotatable bonds is 6. The number of nitrogens with one attached hydrogen (secondary N) is 2. The Morgan fingerprint density at radius 3 is 2.26 bits per heavy atom. The molecule has 0 aliphatic heterocycles. The van der Waals surface area contributed by atoms with Gasteiger partial charge in [0.05, 0.1) is 10.6 Å². The maximum Gasteiger partial charge on any atom is 0.240 e. The molecular formula is C15H15BrN2O3S2. The highest BCUT2D eigenvalue weighted by molar-refractivity contribution is 9.10. The molecule has 0 saturated carbocycles. The van der Waals surface area contributed by atoms with Crippen LogP contribution in [0.2, 0.25) is 0 Å². The zero-order valence-electron chi connectivity index (χ0n) is 12.2. The molecule has 2 aromatic rings. The van der Waals surface area contributed by atoms with Crippen LogP contribution in [-0.2, 0) is 14.8 Å². The number of halogens is 1. The maximum absolute atomic E-state index is 11.9. The quantitative estimate of drug-likeness (QED) is 0.712. The number of benzene rings is 2. The molecule has 122 valence electrons. The van der Waals surface area contributed by atoms with Crippen LogP contribution < -0.4 is 10.0 Å². The Bertz CT molecular complexity index is 775. The lowest BCUT2D eigenvalue weighted by Crippen LogP contribution is -2.18. The minimum absolute atomic E-state index is 0.151. The van der Waals surface area contributed by atoms with E-state index in [1.54, 1.807) is 12.1 Å². The van der Waals surface area contributed by atoms with Crippen LogP contribution in [0, 0.1) is 0 Å². The normalized spacial score (nSPS) is 11.2. The fourth-order valence-electron chi connectivity index (χ4n) is 1.71. The average Bonchev–Trinajstić information content (AvgIpc) is 2.55. The topological polar surface area (TPSA) is 75.3 Å². The van der Waals surface area contributed by atoms with E-state index in [-0.39, 0.29) is 16.6 Å². The van der Waals surface area contributed by atoms with Gasteiger partial charge in [-0.3, -0.25) is 4.79 Å². The first-order chi connectivity index (χ1) is 10.9. The first-order valence-corrected chi connectivity index (χ1v) is 9.89. The van der Waals surface area contributed by atoms with Gasteiger partial charge >= 0.3 is 0 Å². The summed E-state index contributed by atoms with van der Waals surface area (Å²) in [6, 6.07) is 13.7. The lowest BCUT2D eigenvalue weighted by atomic mass is 10.3. The molecule has 2 aromatic carbocycles. The summed E-state index contributed by atoms with van der Waals surface area (Å²) in [7, 11) is -2.11. The lowest BCUT2D eigenvalue weighted by molar-refractivity contribution is -0.113. The van der Waals surface area contributed by atoms with Gasteiger partial charge in [-0.2, -0.15) is 0 Å². The van der Waals surface area contributed by atoms with Gasteiger partial charge < -0.3 is 5.32 Å². The molecule has 0 aromatic heterocycles. The molecule has 5 nitrogen and oxygen atoms in total. The Morgan fingerprint density at radius 1 is 1.09 bits per heavy atom. The van der Waals surface area contributed by atoms with Crippen LogP contribution in [0.25, 0.3) is 0 Å². The summed E-state index contributed by atoms with van der Waals surface area (Å²) in [6.45, 7) is 0. The largest absolute Gasteiger partial charge is 0.325 e. The fraction of sp³-hybridized carbons (Fsp3) is 0.133. The molecule has 0 fully saturated rings. The second-order valence-corrected chi connectivity index (χ2v) is 8.37. The monoisotopic (exact) mass is 414 g/mol. The summed E-state index contributed by atoms with van der Waals surface area (Å²) >= 11 is 4.79. The molecule has 0 saturated heterocycles. The Hall–Kier alpha value is -1.35. The first-order valence-electron chi connectivity index (χ1n) is 6.62. The molecule has 8 heteroatoms. The second kappa shape index (κ2) is 7.96. The van der Waals surface area contributed by atoms with Gasteiger partial charge in [-0.25, -0.2) is 13.1 Å². The molecular weight excluding hydrogens is 400 g/mol. The Balaban J connectivity index is 1.91.